The van der Waals surface area contributed by atoms with E-state index < -0.39 is 5.25 Å². The number of aliphatic imine (C=N–C) groups is 1. The van der Waals surface area contributed by atoms with Crippen LogP contribution in [0.3, 0.4) is 0 Å². The second-order valence-electron chi connectivity index (χ2n) is 7.12. The number of amidine groups is 1. The molecule has 3 aromatic rings. The van der Waals surface area contributed by atoms with Gasteiger partial charge in [-0.25, -0.2) is 9.38 Å². The number of benzene rings is 3. The molecule has 2 amide bonds. The molecule has 3 aromatic carbocycles. The van der Waals surface area contributed by atoms with Crippen molar-refractivity contribution in [2.75, 3.05) is 5.32 Å². The predicted octanol–water partition coefficient (Wildman–Crippen LogP) is 5.64. The summed E-state index contributed by atoms with van der Waals surface area (Å²) in [7, 11) is 0. The van der Waals surface area contributed by atoms with Crippen LogP contribution in [0.5, 0.6) is 0 Å². The van der Waals surface area contributed by atoms with Gasteiger partial charge in [-0.15, -0.1) is 0 Å². The SMILES string of the molecule is O=C(Nc1ccccc1Cl)C1CC(=O)N(Cc2ccc(F)cc2)C(=Nc2ccccc2)S1. The average molecular weight is 468 g/mol. The van der Waals surface area contributed by atoms with Crippen molar-refractivity contribution in [3.05, 3.63) is 95.3 Å². The van der Waals surface area contributed by atoms with Crippen molar-refractivity contribution in [3.8, 4) is 0 Å². The van der Waals surface area contributed by atoms with Crippen molar-refractivity contribution >= 4 is 51.7 Å². The molecule has 1 atom stereocenters. The van der Waals surface area contributed by atoms with Gasteiger partial charge in [0.15, 0.2) is 5.17 Å². The van der Waals surface area contributed by atoms with E-state index in [2.05, 4.69) is 10.3 Å². The van der Waals surface area contributed by atoms with Crippen molar-refractivity contribution in [2.45, 2.75) is 18.2 Å². The molecule has 1 saturated heterocycles. The summed E-state index contributed by atoms with van der Waals surface area (Å²) in [6.07, 6.45) is 0.00988. The molecule has 0 bridgehead atoms. The van der Waals surface area contributed by atoms with Crippen LogP contribution in [0.4, 0.5) is 15.8 Å². The number of nitrogens with zero attached hydrogens (tertiary/aromatic N) is 2. The van der Waals surface area contributed by atoms with Gasteiger partial charge >= 0.3 is 0 Å². The summed E-state index contributed by atoms with van der Waals surface area (Å²) in [6, 6.07) is 22.1. The molecule has 162 valence electrons. The van der Waals surface area contributed by atoms with E-state index in [0.29, 0.717) is 21.6 Å². The fourth-order valence-corrected chi connectivity index (χ4v) is 4.44. The Balaban J connectivity index is 1.59. The lowest BCUT2D eigenvalue weighted by Gasteiger charge is -2.32. The van der Waals surface area contributed by atoms with Gasteiger partial charge in [0.1, 0.15) is 11.1 Å². The molecule has 0 radical (unpaired) electrons. The van der Waals surface area contributed by atoms with E-state index in [4.69, 9.17) is 11.6 Å². The summed E-state index contributed by atoms with van der Waals surface area (Å²) in [4.78, 5) is 32.1. The Kier molecular flexibility index (Phi) is 6.87. The van der Waals surface area contributed by atoms with Gasteiger partial charge in [0.2, 0.25) is 11.8 Å². The minimum atomic E-state index is -0.661. The van der Waals surface area contributed by atoms with E-state index in [1.807, 2.05) is 30.3 Å². The minimum Gasteiger partial charge on any atom is -0.324 e. The normalized spacial score (nSPS) is 17.4. The smallest absolute Gasteiger partial charge is 0.238 e. The van der Waals surface area contributed by atoms with Crippen LogP contribution in [-0.4, -0.2) is 27.1 Å². The van der Waals surface area contributed by atoms with E-state index in [0.717, 1.165) is 5.56 Å². The van der Waals surface area contributed by atoms with Crippen LogP contribution in [0.1, 0.15) is 12.0 Å². The summed E-state index contributed by atoms with van der Waals surface area (Å²) >= 11 is 7.37. The molecule has 0 aromatic heterocycles. The predicted molar refractivity (Wildman–Crippen MR) is 127 cm³/mol. The summed E-state index contributed by atoms with van der Waals surface area (Å²) in [5.41, 5.74) is 1.92. The van der Waals surface area contributed by atoms with Gasteiger partial charge in [0.05, 0.1) is 22.9 Å². The summed E-state index contributed by atoms with van der Waals surface area (Å²) in [5, 5.41) is 2.97. The molecule has 1 unspecified atom stereocenters. The van der Waals surface area contributed by atoms with Crippen LogP contribution < -0.4 is 5.32 Å². The number of hydrogen-bond donors (Lipinski definition) is 1. The van der Waals surface area contributed by atoms with Crippen LogP contribution >= 0.6 is 23.4 Å². The first kappa shape index (κ1) is 22.0. The molecule has 5 nitrogen and oxygen atoms in total. The van der Waals surface area contributed by atoms with Gasteiger partial charge < -0.3 is 5.32 Å². The number of carbonyl (C=O) groups excluding carboxylic acids is 2. The van der Waals surface area contributed by atoms with Crippen molar-refractivity contribution < 1.29 is 14.0 Å². The molecule has 1 aliphatic rings. The van der Waals surface area contributed by atoms with Crippen LogP contribution in [0, 0.1) is 5.82 Å². The third-order valence-corrected chi connectivity index (χ3v) is 6.32. The Morgan fingerprint density at radius 2 is 1.75 bits per heavy atom. The van der Waals surface area contributed by atoms with E-state index in [1.165, 1.54) is 28.8 Å². The minimum absolute atomic E-state index is 0.00988. The molecular weight excluding hydrogens is 449 g/mol. The first-order valence-electron chi connectivity index (χ1n) is 9.90. The zero-order valence-electron chi connectivity index (χ0n) is 16.9. The number of para-hydroxylation sites is 2. The maximum Gasteiger partial charge on any atom is 0.238 e. The van der Waals surface area contributed by atoms with E-state index in [9.17, 15) is 14.0 Å². The fraction of sp³-hybridized carbons (Fsp3) is 0.125. The van der Waals surface area contributed by atoms with E-state index in [1.54, 1.807) is 36.4 Å². The number of amides is 2. The lowest BCUT2D eigenvalue weighted by molar-refractivity contribution is -0.129. The van der Waals surface area contributed by atoms with Gasteiger partial charge in [-0.3, -0.25) is 14.5 Å². The molecule has 1 heterocycles. The Bertz CT molecular complexity index is 1160. The molecule has 4 rings (SSSR count). The Morgan fingerprint density at radius 3 is 2.47 bits per heavy atom. The van der Waals surface area contributed by atoms with Gasteiger partial charge in [-0.05, 0) is 42.0 Å². The molecule has 1 fully saturated rings. The highest BCUT2D eigenvalue weighted by atomic mass is 35.5. The van der Waals surface area contributed by atoms with Gasteiger partial charge in [-0.2, -0.15) is 0 Å². The molecular formula is C24H19ClFN3O2S. The maximum absolute atomic E-state index is 13.3. The highest BCUT2D eigenvalue weighted by Crippen LogP contribution is 2.31. The zero-order chi connectivity index (χ0) is 22.5. The van der Waals surface area contributed by atoms with Gasteiger partial charge in [0.25, 0.3) is 0 Å². The lowest BCUT2D eigenvalue weighted by Crippen LogP contribution is -2.44. The van der Waals surface area contributed by atoms with Crippen LogP contribution in [0.25, 0.3) is 0 Å². The molecule has 0 spiro atoms. The van der Waals surface area contributed by atoms with Crippen molar-refractivity contribution in [3.63, 3.8) is 0 Å². The fourth-order valence-electron chi connectivity index (χ4n) is 3.16. The molecule has 8 heteroatoms. The first-order chi connectivity index (χ1) is 15.5. The van der Waals surface area contributed by atoms with Crippen molar-refractivity contribution in [2.24, 2.45) is 4.99 Å². The van der Waals surface area contributed by atoms with Crippen molar-refractivity contribution in [1.82, 2.24) is 4.90 Å². The van der Waals surface area contributed by atoms with Gasteiger partial charge in [-0.1, -0.05) is 65.8 Å². The molecule has 0 saturated carbocycles. The average Bonchev–Trinajstić information content (AvgIpc) is 2.79. The second kappa shape index (κ2) is 9.97. The Morgan fingerprint density at radius 1 is 1.06 bits per heavy atom. The summed E-state index contributed by atoms with van der Waals surface area (Å²) < 4.78 is 13.3. The number of thioether (sulfide) groups is 1. The Labute approximate surface area is 194 Å². The quantitative estimate of drug-likeness (QED) is 0.528. The third-order valence-electron chi connectivity index (χ3n) is 4.80. The van der Waals surface area contributed by atoms with Crippen LogP contribution in [-0.2, 0) is 16.1 Å². The topological polar surface area (TPSA) is 61.8 Å². The van der Waals surface area contributed by atoms with E-state index in [-0.39, 0.29) is 30.6 Å². The third kappa shape index (κ3) is 5.36. The van der Waals surface area contributed by atoms with Gasteiger partial charge in [0, 0.05) is 6.42 Å². The van der Waals surface area contributed by atoms with Crippen LogP contribution in [0.15, 0.2) is 83.9 Å². The number of carbonyl (C=O) groups is 2. The maximum atomic E-state index is 13.3. The standard InChI is InChI=1S/C24H19ClFN3O2S/c25-19-8-4-5-9-20(19)28-23(31)21-14-22(30)29(15-16-10-12-17(26)13-11-16)24(32-21)27-18-6-2-1-3-7-18/h1-13,21H,14-15H2,(H,28,31). The number of halogens is 2. The Hall–Kier alpha value is -3.16. The molecule has 1 aliphatic heterocycles. The molecule has 32 heavy (non-hydrogen) atoms. The zero-order valence-corrected chi connectivity index (χ0v) is 18.4. The number of hydrogen-bond acceptors (Lipinski definition) is 4. The second-order valence-corrected chi connectivity index (χ2v) is 8.69. The summed E-state index contributed by atoms with van der Waals surface area (Å²) in [6.45, 7) is 0.233. The molecule has 1 N–H and O–H groups in total. The highest BCUT2D eigenvalue weighted by molar-refractivity contribution is 8.15. The first-order valence-corrected chi connectivity index (χ1v) is 11.2. The summed E-state index contributed by atoms with van der Waals surface area (Å²) in [5.74, 6) is -0.900. The van der Waals surface area contributed by atoms with E-state index >= 15 is 0 Å². The number of anilines is 1. The largest absolute Gasteiger partial charge is 0.324 e. The van der Waals surface area contributed by atoms with Crippen molar-refractivity contribution in [1.29, 1.82) is 0 Å². The monoisotopic (exact) mass is 467 g/mol. The lowest BCUT2D eigenvalue weighted by atomic mass is 10.2. The number of nitrogens with one attached hydrogen (secondary N) is 1. The molecule has 0 aliphatic carbocycles. The highest BCUT2D eigenvalue weighted by Gasteiger charge is 2.36. The number of rotatable bonds is 5. The van der Waals surface area contributed by atoms with Crippen LogP contribution in [0.2, 0.25) is 5.02 Å².